The summed E-state index contributed by atoms with van der Waals surface area (Å²) in [6, 6.07) is 7.93. The van der Waals surface area contributed by atoms with Crippen LogP contribution in [0.1, 0.15) is 18.9 Å². The monoisotopic (exact) mass is 273 g/mol. The van der Waals surface area contributed by atoms with Crippen molar-refractivity contribution in [1.82, 2.24) is 0 Å². The maximum Gasteiger partial charge on any atom is 0.193 e. The van der Waals surface area contributed by atoms with Gasteiger partial charge in [0.2, 0.25) is 0 Å². The molecule has 0 unspecified atom stereocenters. The van der Waals surface area contributed by atoms with E-state index in [1.165, 1.54) is 5.56 Å². The Labute approximate surface area is 107 Å². The molecule has 0 radical (unpaired) electrons. The number of nitrogens with two attached hydrogens (primary N) is 2. The van der Waals surface area contributed by atoms with Crippen molar-refractivity contribution in [3.8, 4) is 0 Å². The minimum Gasteiger partial charge on any atom is -0.370 e. The lowest BCUT2D eigenvalue weighted by molar-refractivity contribution is 0.448. The van der Waals surface area contributed by atoms with Crippen molar-refractivity contribution in [2.75, 3.05) is 0 Å². The standard InChI is InChI=1S/C10H15N3.CH4O3S/c1-2-4-8-5-3-6-9(7-8)13-10(11)12;1-5(2,3)4/h3,5-7H,2,4H2,1H3,(H4,11,12,13);1H2,(H2,2,3,4). The number of rotatable bonds is 3. The Bertz CT molecular complexity index is 486. The minimum atomic E-state index is -3.67. The summed E-state index contributed by atoms with van der Waals surface area (Å²) in [6.45, 7) is 2.15. The average molecular weight is 273 g/mol. The highest BCUT2D eigenvalue weighted by atomic mass is 32.2. The number of aliphatic imine (C=N–C) groups is 1. The second-order valence-corrected chi connectivity index (χ2v) is 4.78. The summed E-state index contributed by atoms with van der Waals surface area (Å²) < 4.78 is 24.2. The van der Waals surface area contributed by atoms with Crippen LogP contribution in [-0.4, -0.2) is 25.1 Å². The van der Waals surface area contributed by atoms with E-state index in [4.69, 9.17) is 20.6 Å². The minimum absolute atomic E-state index is 0.105. The fourth-order valence-electron chi connectivity index (χ4n) is 1.22. The number of hydrogen-bond acceptors (Lipinski definition) is 2. The molecule has 0 saturated carbocycles. The van der Waals surface area contributed by atoms with Crippen LogP contribution in [0.25, 0.3) is 0 Å². The molecule has 0 fully saturated rings. The highest BCUT2D eigenvalue weighted by Crippen LogP contribution is 2.14. The Morgan fingerprint density at radius 1 is 1.44 bits per heavy atom. The van der Waals surface area contributed by atoms with Crippen LogP contribution in [0.4, 0.5) is 5.69 Å². The van der Waals surface area contributed by atoms with Crippen molar-refractivity contribution in [2.24, 2.45) is 16.5 Å². The molecule has 0 saturated heterocycles. The van der Waals surface area contributed by atoms with E-state index < -0.39 is 10.1 Å². The molecule has 0 atom stereocenters. The van der Waals surface area contributed by atoms with Crippen LogP contribution in [-0.2, 0) is 16.5 Å². The van der Waals surface area contributed by atoms with Gasteiger partial charge < -0.3 is 11.5 Å². The van der Waals surface area contributed by atoms with E-state index in [9.17, 15) is 4.21 Å². The third-order valence-corrected chi connectivity index (χ3v) is 1.71. The van der Waals surface area contributed by atoms with Crippen LogP contribution in [0.5, 0.6) is 0 Å². The molecule has 18 heavy (non-hydrogen) atoms. The molecule has 0 heterocycles. The smallest absolute Gasteiger partial charge is 0.193 e. The van der Waals surface area contributed by atoms with E-state index in [0.29, 0.717) is 0 Å². The van der Waals surface area contributed by atoms with Gasteiger partial charge in [-0.3, -0.25) is 9.11 Å². The van der Waals surface area contributed by atoms with Crippen molar-refractivity contribution in [2.45, 2.75) is 19.8 Å². The second-order valence-electron chi connectivity index (χ2n) is 3.56. The Morgan fingerprint density at radius 3 is 2.44 bits per heavy atom. The van der Waals surface area contributed by atoms with Gasteiger partial charge in [0.05, 0.1) is 5.69 Å². The van der Waals surface area contributed by atoms with Crippen molar-refractivity contribution < 1.29 is 13.3 Å². The van der Waals surface area contributed by atoms with Crippen LogP contribution in [0.3, 0.4) is 0 Å². The highest BCUT2D eigenvalue weighted by molar-refractivity contribution is 7.89. The van der Waals surface area contributed by atoms with E-state index in [0.717, 1.165) is 18.5 Å². The number of aryl methyl sites for hydroxylation is 1. The number of nitrogens with zero attached hydrogens (tertiary/aromatic N) is 1. The zero-order chi connectivity index (χ0) is 14.2. The van der Waals surface area contributed by atoms with Gasteiger partial charge in [0.25, 0.3) is 0 Å². The molecule has 6 N–H and O–H groups in total. The predicted molar refractivity (Wildman–Crippen MR) is 76.4 cm³/mol. The van der Waals surface area contributed by atoms with Gasteiger partial charge in [0.1, 0.15) is 0 Å². The first-order chi connectivity index (χ1) is 8.22. The molecule has 0 aliphatic heterocycles. The van der Waals surface area contributed by atoms with Gasteiger partial charge in [-0.05, 0) is 24.1 Å². The Morgan fingerprint density at radius 2 is 2.00 bits per heavy atom. The maximum atomic E-state index is 9.19. The summed E-state index contributed by atoms with van der Waals surface area (Å²) in [7, 11) is -3.67. The molecule has 7 heteroatoms. The molecule has 1 aromatic carbocycles. The van der Waals surface area contributed by atoms with Gasteiger partial charge in [-0.2, -0.15) is 0 Å². The van der Waals surface area contributed by atoms with Gasteiger partial charge >= 0.3 is 0 Å². The van der Waals surface area contributed by atoms with Crippen molar-refractivity contribution in [1.29, 1.82) is 0 Å². The average Bonchev–Trinajstić information content (AvgIpc) is 2.14. The van der Waals surface area contributed by atoms with Crippen LogP contribution >= 0.6 is 0 Å². The summed E-state index contributed by atoms with van der Waals surface area (Å²) in [5.41, 5.74) is 12.6. The third kappa shape index (κ3) is 10.9. The SMILES string of the molecule is C=S(=O)(O)O.CCCc1cccc(N=C(N)N)c1. The third-order valence-electron chi connectivity index (χ3n) is 1.71. The molecule has 0 bridgehead atoms. The molecule has 0 amide bonds. The van der Waals surface area contributed by atoms with E-state index in [-0.39, 0.29) is 5.96 Å². The molecule has 0 aromatic heterocycles. The summed E-state index contributed by atoms with van der Waals surface area (Å²) in [4.78, 5) is 3.97. The molecule has 102 valence electrons. The topological polar surface area (TPSA) is 122 Å². The fourth-order valence-corrected chi connectivity index (χ4v) is 1.22. The van der Waals surface area contributed by atoms with Crippen molar-refractivity contribution in [3.63, 3.8) is 0 Å². The summed E-state index contributed by atoms with van der Waals surface area (Å²) in [5.74, 6) is 2.51. The molecule has 0 aliphatic rings. The predicted octanol–water partition coefficient (Wildman–Crippen LogP) is 1.19. The summed E-state index contributed by atoms with van der Waals surface area (Å²) in [5, 5.41) is 0. The van der Waals surface area contributed by atoms with Crippen LogP contribution in [0, 0.1) is 0 Å². The first-order valence-corrected chi connectivity index (χ1v) is 6.87. The van der Waals surface area contributed by atoms with Crippen LogP contribution < -0.4 is 11.5 Å². The van der Waals surface area contributed by atoms with Gasteiger partial charge in [0, 0.05) is 5.87 Å². The van der Waals surface area contributed by atoms with Gasteiger partial charge in [-0.1, -0.05) is 25.5 Å². The molecule has 1 rings (SSSR count). The van der Waals surface area contributed by atoms with E-state index in [2.05, 4.69) is 23.9 Å². The molecule has 0 aliphatic carbocycles. The Hall–Kier alpha value is -1.57. The largest absolute Gasteiger partial charge is 0.370 e. The lowest BCUT2D eigenvalue weighted by Gasteiger charge is -1.99. The number of guanidine groups is 1. The Balaban J connectivity index is 0.000000494. The Kier molecular flexibility index (Phi) is 7.03. The van der Waals surface area contributed by atoms with Gasteiger partial charge in [0.15, 0.2) is 16.0 Å². The van der Waals surface area contributed by atoms with Crippen LogP contribution in [0.2, 0.25) is 0 Å². The van der Waals surface area contributed by atoms with Gasteiger partial charge in [-0.25, -0.2) is 9.20 Å². The lowest BCUT2D eigenvalue weighted by Crippen LogP contribution is -2.21. The van der Waals surface area contributed by atoms with Gasteiger partial charge in [-0.15, -0.1) is 0 Å². The lowest BCUT2D eigenvalue weighted by atomic mass is 10.1. The quantitative estimate of drug-likeness (QED) is 0.374. The van der Waals surface area contributed by atoms with E-state index in [1.807, 2.05) is 18.2 Å². The summed E-state index contributed by atoms with van der Waals surface area (Å²) in [6.07, 6.45) is 2.19. The highest BCUT2D eigenvalue weighted by Gasteiger charge is 1.93. The molecular formula is C11H19N3O3S. The van der Waals surface area contributed by atoms with E-state index in [1.54, 1.807) is 0 Å². The number of benzene rings is 1. The molecule has 1 aromatic rings. The number of hydrogen-bond donors (Lipinski definition) is 4. The van der Waals surface area contributed by atoms with Crippen molar-refractivity contribution >= 4 is 27.6 Å². The normalized spacial score (nSPS) is 10.2. The fraction of sp³-hybridized carbons (Fsp3) is 0.273. The maximum absolute atomic E-state index is 9.19. The van der Waals surface area contributed by atoms with Crippen LogP contribution in [0.15, 0.2) is 29.3 Å². The van der Waals surface area contributed by atoms with Crippen molar-refractivity contribution in [3.05, 3.63) is 29.8 Å². The first kappa shape index (κ1) is 16.4. The molecule has 0 spiro atoms. The zero-order valence-corrected chi connectivity index (χ0v) is 11.1. The molecule has 6 nitrogen and oxygen atoms in total. The first-order valence-electron chi connectivity index (χ1n) is 5.23. The molecular weight excluding hydrogens is 254 g/mol. The summed E-state index contributed by atoms with van der Waals surface area (Å²) >= 11 is 0. The second kappa shape index (κ2) is 7.70. The van der Waals surface area contributed by atoms with E-state index >= 15 is 0 Å². The zero-order valence-electron chi connectivity index (χ0n) is 10.2.